The predicted octanol–water partition coefficient (Wildman–Crippen LogP) is 0.586. The summed E-state index contributed by atoms with van der Waals surface area (Å²) < 4.78 is 0.999. The van der Waals surface area contributed by atoms with E-state index in [1.807, 2.05) is 20.0 Å². The van der Waals surface area contributed by atoms with E-state index in [1.165, 1.54) is 5.56 Å². The summed E-state index contributed by atoms with van der Waals surface area (Å²) in [6.45, 7) is 0. The second-order valence-electron chi connectivity index (χ2n) is 2.25. The SMILES string of the molecule is Bc1cc(CI)ccc1O. The minimum Gasteiger partial charge on any atom is -0.509 e. The van der Waals surface area contributed by atoms with Crippen LogP contribution in [0.4, 0.5) is 0 Å². The summed E-state index contributed by atoms with van der Waals surface area (Å²) in [7, 11) is 1.91. The smallest absolute Gasteiger partial charge is 0.144 e. The molecule has 0 heterocycles. The molecule has 0 fully saturated rings. The van der Waals surface area contributed by atoms with E-state index >= 15 is 0 Å². The lowest BCUT2D eigenvalue weighted by atomic mass is 9.93. The van der Waals surface area contributed by atoms with Gasteiger partial charge in [-0.1, -0.05) is 34.7 Å². The highest BCUT2D eigenvalue weighted by Gasteiger charge is 1.94. The van der Waals surface area contributed by atoms with Gasteiger partial charge in [-0.25, -0.2) is 0 Å². The standard InChI is InChI=1S/C7H8BIO/c8-6-3-5(4-9)1-2-7(6)10/h1-3,10H,4,8H2. The summed E-state index contributed by atoms with van der Waals surface area (Å²) in [4.78, 5) is 0. The number of rotatable bonds is 1. The Labute approximate surface area is 75.0 Å². The van der Waals surface area contributed by atoms with Gasteiger partial charge in [0, 0.05) is 4.43 Å². The van der Waals surface area contributed by atoms with Crippen LogP contribution in [0.25, 0.3) is 0 Å². The molecule has 0 atom stereocenters. The summed E-state index contributed by atoms with van der Waals surface area (Å²) >= 11 is 2.30. The van der Waals surface area contributed by atoms with Crippen molar-refractivity contribution < 1.29 is 5.11 Å². The molecule has 0 aliphatic carbocycles. The first-order chi connectivity index (χ1) is 4.74. The van der Waals surface area contributed by atoms with Gasteiger partial charge in [-0.2, -0.15) is 0 Å². The molecule has 0 radical (unpaired) electrons. The van der Waals surface area contributed by atoms with E-state index in [4.69, 9.17) is 5.11 Å². The van der Waals surface area contributed by atoms with Gasteiger partial charge in [0.2, 0.25) is 0 Å². The van der Waals surface area contributed by atoms with Gasteiger partial charge >= 0.3 is 0 Å². The third kappa shape index (κ3) is 1.65. The molecule has 10 heavy (non-hydrogen) atoms. The Hall–Kier alpha value is -0.185. The van der Waals surface area contributed by atoms with Crippen molar-refractivity contribution in [3.05, 3.63) is 23.8 Å². The third-order valence-corrected chi connectivity index (χ3v) is 2.30. The molecular formula is C7H8BIO. The van der Waals surface area contributed by atoms with Crippen molar-refractivity contribution in [1.29, 1.82) is 0 Å². The number of alkyl halides is 1. The van der Waals surface area contributed by atoms with Crippen LogP contribution in [0.3, 0.4) is 0 Å². The molecule has 3 heteroatoms. The largest absolute Gasteiger partial charge is 0.509 e. The molecule has 1 aromatic carbocycles. The monoisotopic (exact) mass is 246 g/mol. The van der Waals surface area contributed by atoms with Crippen molar-refractivity contribution >= 4 is 35.9 Å². The minimum absolute atomic E-state index is 0.383. The fourth-order valence-corrected chi connectivity index (χ4v) is 1.28. The van der Waals surface area contributed by atoms with Gasteiger partial charge in [0.25, 0.3) is 0 Å². The Balaban J connectivity index is 3.04. The topological polar surface area (TPSA) is 20.2 Å². The number of hydrogen-bond acceptors (Lipinski definition) is 1. The fraction of sp³-hybridized carbons (Fsp3) is 0.143. The molecule has 0 aliphatic heterocycles. The molecule has 0 aromatic heterocycles. The van der Waals surface area contributed by atoms with E-state index in [0.717, 1.165) is 9.89 Å². The Bertz CT molecular complexity index is 237. The quantitative estimate of drug-likeness (QED) is 0.436. The van der Waals surface area contributed by atoms with E-state index in [9.17, 15) is 0 Å². The first-order valence-electron chi connectivity index (χ1n) is 3.08. The minimum atomic E-state index is 0.383. The normalized spacial score (nSPS) is 9.70. The molecule has 1 rings (SSSR count). The van der Waals surface area contributed by atoms with Crippen LogP contribution in [0.15, 0.2) is 18.2 Å². The van der Waals surface area contributed by atoms with E-state index in [-0.39, 0.29) is 0 Å². The van der Waals surface area contributed by atoms with Gasteiger partial charge in [-0.3, -0.25) is 0 Å². The molecule has 0 aliphatic rings. The van der Waals surface area contributed by atoms with Crippen molar-refractivity contribution in [3.8, 4) is 5.75 Å². The van der Waals surface area contributed by atoms with Gasteiger partial charge in [-0.15, -0.1) is 0 Å². The molecule has 52 valence electrons. The first-order valence-corrected chi connectivity index (χ1v) is 4.61. The maximum absolute atomic E-state index is 9.14. The Morgan fingerprint density at radius 1 is 1.50 bits per heavy atom. The first kappa shape index (κ1) is 7.92. The number of halogens is 1. The summed E-state index contributed by atoms with van der Waals surface area (Å²) in [6.07, 6.45) is 0. The Morgan fingerprint density at radius 2 is 2.20 bits per heavy atom. The zero-order valence-electron chi connectivity index (χ0n) is 5.76. The number of phenols is 1. The van der Waals surface area contributed by atoms with E-state index in [1.54, 1.807) is 6.07 Å². The lowest BCUT2D eigenvalue weighted by Gasteiger charge is -1.99. The Morgan fingerprint density at radius 3 is 2.70 bits per heavy atom. The maximum atomic E-state index is 9.14. The van der Waals surface area contributed by atoms with Crippen LogP contribution in [0.2, 0.25) is 0 Å². The van der Waals surface area contributed by atoms with Gasteiger partial charge in [0.15, 0.2) is 0 Å². The van der Waals surface area contributed by atoms with Gasteiger partial charge < -0.3 is 5.11 Å². The van der Waals surface area contributed by atoms with Crippen molar-refractivity contribution in [2.75, 3.05) is 0 Å². The van der Waals surface area contributed by atoms with E-state index in [0.29, 0.717) is 5.75 Å². The van der Waals surface area contributed by atoms with Gasteiger partial charge in [0.05, 0.1) is 0 Å². The molecule has 0 bridgehead atoms. The number of benzene rings is 1. The molecule has 1 nitrogen and oxygen atoms in total. The van der Waals surface area contributed by atoms with Crippen LogP contribution in [-0.2, 0) is 4.43 Å². The highest BCUT2D eigenvalue weighted by molar-refractivity contribution is 14.1. The summed E-state index contributed by atoms with van der Waals surface area (Å²) in [5.41, 5.74) is 2.21. The molecule has 1 aromatic rings. The van der Waals surface area contributed by atoms with E-state index < -0.39 is 0 Å². The van der Waals surface area contributed by atoms with Crippen LogP contribution in [0, 0.1) is 0 Å². The van der Waals surface area contributed by atoms with Crippen LogP contribution < -0.4 is 5.46 Å². The summed E-state index contributed by atoms with van der Waals surface area (Å²) in [5.74, 6) is 0.383. The molecule has 0 spiro atoms. The average molecular weight is 246 g/mol. The lowest BCUT2D eigenvalue weighted by molar-refractivity contribution is 0.479. The zero-order chi connectivity index (χ0) is 7.56. The third-order valence-electron chi connectivity index (χ3n) is 1.42. The fourth-order valence-electron chi connectivity index (χ4n) is 0.801. The molecule has 0 saturated heterocycles. The molecule has 0 saturated carbocycles. The average Bonchev–Trinajstić information content (AvgIpc) is 1.95. The molecular weight excluding hydrogens is 238 g/mol. The highest BCUT2D eigenvalue weighted by Crippen LogP contribution is 2.08. The van der Waals surface area contributed by atoms with Crippen LogP contribution >= 0.6 is 22.6 Å². The number of phenolic OH excluding ortho intramolecular Hbond substituents is 1. The summed E-state index contributed by atoms with van der Waals surface area (Å²) in [5, 5.41) is 9.14. The van der Waals surface area contributed by atoms with Crippen LogP contribution in [0.1, 0.15) is 5.56 Å². The molecule has 0 unspecified atom stereocenters. The lowest BCUT2D eigenvalue weighted by Crippen LogP contribution is -2.02. The molecule has 0 amide bonds. The van der Waals surface area contributed by atoms with Crippen molar-refractivity contribution in [2.24, 2.45) is 0 Å². The van der Waals surface area contributed by atoms with Crippen LogP contribution in [-0.4, -0.2) is 13.0 Å². The second kappa shape index (κ2) is 3.28. The van der Waals surface area contributed by atoms with Gasteiger partial charge in [-0.05, 0) is 17.1 Å². The van der Waals surface area contributed by atoms with Gasteiger partial charge in [0.1, 0.15) is 13.6 Å². The Kier molecular flexibility index (Phi) is 2.60. The van der Waals surface area contributed by atoms with Crippen LogP contribution in [0.5, 0.6) is 5.75 Å². The molecule has 1 N–H and O–H groups in total. The highest BCUT2D eigenvalue weighted by atomic mass is 127. The van der Waals surface area contributed by atoms with Crippen molar-refractivity contribution in [2.45, 2.75) is 4.43 Å². The predicted molar refractivity (Wildman–Crippen MR) is 54.0 cm³/mol. The zero-order valence-corrected chi connectivity index (χ0v) is 7.92. The number of hydrogen-bond donors (Lipinski definition) is 1. The van der Waals surface area contributed by atoms with Crippen molar-refractivity contribution in [1.82, 2.24) is 0 Å². The van der Waals surface area contributed by atoms with Crippen molar-refractivity contribution in [3.63, 3.8) is 0 Å². The number of aromatic hydroxyl groups is 1. The second-order valence-corrected chi connectivity index (χ2v) is 3.02. The van der Waals surface area contributed by atoms with E-state index in [2.05, 4.69) is 22.6 Å². The maximum Gasteiger partial charge on any atom is 0.144 e. The summed E-state index contributed by atoms with van der Waals surface area (Å²) in [6, 6.07) is 5.68.